The van der Waals surface area contributed by atoms with Crippen LogP contribution in [0.3, 0.4) is 0 Å². The monoisotopic (exact) mass is 667 g/mol. The molecule has 2 aromatic carbocycles. The number of nitrogens with one attached hydrogen (secondary N) is 1. The van der Waals surface area contributed by atoms with Crippen molar-refractivity contribution < 1.29 is 35.9 Å². The molecular weight excluding hydrogens is 639 g/mol. The number of amides is 1. The third-order valence-corrected chi connectivity index (χ3v) is 9.45. The molecule has 2 saturated heterocycles. The fraction of sp³-hybridized carbons (Fsp3) is 0.258. The molecule has 16 heteroatoms. The number of carbonyl (C=O) groups excluding carboxylic acids is 2. The van der Waals surface area contributed by atoms with Crippen LogP contribution in [0.25, 0.3) is 22.0 Å². The molecule has 244 valence electrons. The maximum absolute atomic E-state index is 15.7. The first-order valence-electron chi connectivity index (χ1n) is 14.4. The van der Waals surface area contributed by atoms with Crippen molar-refractivity contribution in [3.8, 4) is 17.0 Å². The number of anilines is 3. The summed E-state index contributed by atoms with van der Waals surface area (Å²) in [6.45, 7) is 2.12. The predicted octanol–water partition coefficient (Wildman–Crippen LogP) is 3.83. The van der Waals surface area contributed by atoms with E-state index in [0.29, 0.717) is 30.4 Å². The van der Waals surface area contributed by atoms with Gasteiger partial charge >= 0.3 is 0 Å². The number of hydrogen-bond donors (Lipinski definition) is 2. The largest absolute Gasteiger partial charge is 0.480 e. The summed E-state index contributed by atoms with van der Waals surface area (Å²) in [7, 11) is -3.31. The van der Waals surface area contributed by atoms with E-state index in [-0.39, 0.29) is 57.9 Å². The summed E-state index contributed by atoms with van der Waals surface area (Å²) in [5.74, 6) is -3.41. The number of rotatable bonds is 8. The summed E-state index contributed by atoms with van der Waals surface area (Å²) in [6, 6.07) is 5.82. The lowest BCUT2D eigenvalue weighted by atomic mass is 10.0. The fourth-order valence-electron chi connectivity index (χ4n) is 6.05. The molecule has 2 aromatic heterocycles. The lowest BCUT2D eigenvalue weighted by Crippen LogP contribution is -2.55. The minimum Gasteiger partial charge on any atom is -0.480 e. The zero-order valence-electron chi connectivity index (χ0n) is 25.1. The topological polar surface area (TPSA) is 161 Å². The van der Waals surface area contributed by atoms with Crippen molar-refractivity contribution in [2.24, 2.45) is 0 Å². The Kier molecular flexibility index (Phi) is 8.21. The molecule has 0 saturated carbocycles. The second-order valence-corrected chi connectivity index (χ2v) is 12.9. The molecule has 2 aliphatic rings. The normalized spacial score (nSPS) is 17.8. The minimum atomic E-state index is -4.56. The number of nitrogens with two attached hydrogens (primary N) is 1. The Labute approximate surface area is 267 Å². The SMILES string of the molecule is COc1ncc(-c2cc(F)c3nc(N)nc(N4C[C@H]5CC[C@@H](C4)N5C(=O)/C=C/C(C)=O)c3c2)cc1NS(=O)(=O)c1ccc(F)cc1F. The first-order chi connectivity index (χ1) is 22.3. The van der Waals surface area contributed by atoms with E-state index in [2.05, 4.69) is 19.7 Å². The van der Waals surface area contributed by atoms with Crippen molar-refractivity contribution in [3.05, 3.63) is 72.2 Å². The van der Waals surface area contributed by atoms with E-state index in [1.54, 1.807) is 11.0 Å². The molecule has 2 bridgehead atoms. The smallest absolute Gasteiger partial charge is 0.264 e. The van der Waals surface area contributed by atoms with Crippen LogP contribution >= 0.6 is 0 Å². The number of carbonyl (C=O) groups is 2. The van der Waals surface area contributed by atoms with Crippen LogP contribution in [0.2, 0.25) is 0 Å². The van der Waals surface area contributed by atoms with Crippen LogP contribution < -0.4 is 20.1 Å². The number of nitrogens with zero attached hydrogens (tertiary/aromatic N) is 5. The summed E-state index contributed by atoms with van der Waals surface area (Å²) in [5, 5.41) is 0.316. The highest BCUT2D eigenvalue weighted by molar-refractivity contribution is 7.92. The molecule has 4 heterocycles. The van der Waals surface area contributed by atoms with Gasteiger partial charge in [-0.2, -0.15) is 4.98 Å². The van der Waals surface area contributed by atoms with Crippen LogP contribution in [-0.4, -0.2) is 72.2 Å². The van der Waals surface area contributed by atoms with Gasteiger partial charge in [-0.15, -0.1) is 0 Å². The van der Waals surface area contributed by atoms with Gasteiger partial charge in [0.25, 0.3) is 10.0 Å². The van der Waals surface area contributed by atoms with Gasteiger partial charge in [-0.25, -0.2) is 31.6 Å². The van der Waals surface area contributed by atoms with Crippen molar-refractivity contribution >= 4 is 50.1 Å². The van der Waals surface area contributed by atoms with Gasteiger partial charge in [0.05, 0.1) is 7.11 Å². The van der Waals surface area contributed by atoms with Gasteiger partial charge in [0.15, 0.2) is 5.78 Å². The lowest BCUT2D eigenvalue weighted by Gasteiger charge is -2.41. The molecule has 0 aliphatic carbocycles. The van der Waals surface area contributed by atoms with Gasteiger partial charge < -0.3 is 20.3 Å². The molecule has 2 atom stereocenters. The number of fused-ring (bicyclic) bond motifs is 3. The van der Waals surface area contributed by atoms with Crippen molar-refractivity contribution in [2.75, 3.05) is 35.6 Å². The Morgan fingerprint density at radius 3 is 2.38 bits per heavy atom. The molecular formula is C31H28F3N7O5S. The predicted molar refractivity (Wildman–Crippen MR) is 167 cm³/mol. The molecule has 6 rings (SSSR count). The summed E-state index contributed by atoms with van der Waals surface area (Å²) in [6.07, 6.45) is 5.32. The third kappa shape index (κ3) is 6.15. The molecule has 1 amide bonds. The van der Waals surface area contributed by atoms with E-state index in [9.17, 15) is 26.8 Å². The molecule has 0 radical (unpaired) electrons. The summed E-state index contributed by atoms with van der Waals surface area (Å²) in [5.41, 5.74) is 6.32. The average molecular weight is 668 g/mol. The zero-order valence-corrected chi connectivity index (χ0v) is 25.9. The highest BCUT2D eigenvalue weighted by Gasteiger charge is 2.42. The van der Waals surface area contributed by atoms with Crippen LogP contribution in [0.4, 0.5) is 30.6 Å². The van der Waals surface area contributed by atoms with Crippen LogP contribution in [0.5, 0.6) is 5.88 Å². The maximum atomic E-state index is 15.7. The highest BCUT2D eigenvalue weighted by Crippen LogP contribution is 2.38. The van der Waals surface area contributed by atoms with Crippen LogP contribution in [0.15, 0.2) is 59.6 Å². The first-order valence-corrected chi connectivity index (χ1v) is 15.9. The van der Waals surface area contributed by atoms with Gasteiger partial charge in [0.2, 0.25) is 17.7 Å². The third-order valence-electron chi connectivity index (χ3n) is 8.05. The average Bonchev–Trinajstić information content (AvgIpc) is 3.28. The quantitative estimate of drug-likeness (QED) is 0.265. The van der Waals surface area contributed by atoms with E-state index in [0.717, 1.165) is 25.0 Å². The number of benzene rings is 2. The molecule has 3 N–H and O–H groups in total. The van der Waals surface area contributed by atoms with Crippen LogP contribution in [0.1, 0.15) is 19.8 Å². The molecule has 12 nitrogen and oxygen atoms in total. The van der Waals surface area contributed by atoms with E-state index in [1.807, 2.05) is 4.90 Å². The second-order valence-electron chi connectivity index (χ2n) is 11.2. The summed E-state index contributed by atoms with van der Waals surface area (Å²) in [4.78, 5) is 39.8. The van der Waals surface area contributed by atoms with E-state index < -0.39 is 32.4 Å². The van der Waals surface area contributed by atoms with Crippen LogP contribution in [-0.2, 0) is 19.6 Å². The second kappa shape index (κ2) is 12.2. The summed E-state index contributed by atoms with van der Waals surface area (Å²) < 4.78 is 76.9. The molecule has 0 unspecified atom stereocenters. The molecule has 47 heavy (non-hydrogen) atoms. The van der Waals surface area contributed by atoms with Crippen molar-refractivity contribution in [2.45, 2.75) is 36.7 Å². The summed E-state index contributed by atoms with van der Waals surface area (Å²) >= 11 is 0. The maximum Gasteiger partial charge on any atom is 0.264 e. The number of sulfonamides is 1. The van der Waals surface area contributed by atoms with Crippen molar-refractivity contribution in [3.63, 3.8) is 0 Å². The Morgan fingerprint density at radius 1 is 1.00 bits per heavy atom. The van der Waals surface area contributed by atoms with Gasteiger partial charge in [-0.05, 0) is 61.7 Å². The number of nitrogen functional groups attached to an aromatic ring is 1. The molecule has 2 aliphatic heterocycles. The van der Waals surface area contributed by atoms with Crippen LogP contribution in [0, 0.1) is 17.5 Å². The number of halogens is 3. The number of allylic oxidation sites excluding steroid dienone is 1. The lowest BCUT2D eigenvalue weighted by molar-refractivity contribution is -0.129. The number of methoxy groups -OCH3 is 1. The van der Waals surface area contributed by atoms with E-state index in [4.69, 9.17) is 10.5 Å². The van der Waals surface area contributed by atoms with Crippen molar-refractivity contribution in [1.82, 2.24) is 19.9 Å². The standard InChI is InChI=1S/C31H28F3N7O5S/c1-16(42)3-8-27(43)41-20-5-6-21(41)15-40(14-20)29-22-9-17(10-24(34)28(22)37-31(35)38-29)18-11-25(30(46-2)36-13-18)39-47(44,45)26-7-4-19(32)12-23(26)33/h3-4,7-13,20-21,39H,5-6,14-15H2,1-2H3,(H2,35,37,38)/b8-3+/t20-,21+. The Balaban J connectivity index is 1.37. The number of ketones is 1. The zero-order chi connectivity index (χ0) is 33.6. The Hall–Kier alpha value is -5.25. The number of piperazine rings is 1. The number of aromatic nitrogens is 3. The molecule has 0 spiro atoms. The Bertz CT molecular complexity index is 2060. The number of pyridine rings is 1. The first kappa shape index (κ1) is 31.7. The Morgan fingerprint density at radius 2 is 1.72 bits per heavy atom. The van der Waals surface area contributed by atoms with E-state index in [1.165, 1.54) is 44.5 Å². The van der Waals surface area contributed by atoms with Crippen molar-refractivity contribution in [1.29, 1.82) is 0 Å². The molecule has 2 fully saturated rings. The molecule has 4 aromatic rings. The van der Waals surface area contributed by atoms with Gasteiger partial charge in [-0.1, -0.05) is 0 Å². The minimum absolute atomic E-state index is 0.0410. The number of ether oxygens (including phenoxy) is 1. The number of hydrogen-bond acceptors (Lipinski definition) is 10. The van der Waals surface area contributed by atoms with Gasteiger partial charge in [0, 0.05) is 54.5 Å². The van der Waals surface area contributed by atoms with E-state index >= 15 is 4.39 Å². The van der Waals surface area contributed by atoms with Gasteiger partial charge in [0.1, 0.15) is 39.4 Å². The highest BCUT2D eigenvalue weighted by atomic mass is 32.2. The fourth-order valence-corrected chi connectivity index (χ4v) is 7.16. The van der Waals surface area contributed by atoms with Gasteiger partial charge in [-0.3, -0.25) is 14.3 Å².